The van der Waals surface area contributed by atoms with E-state index in [9.17, 15) is 0 Å². The predicted molar refractivity (Wildman–Crippen MR) is 80.0 cm³/mol. The van der Waals surface area contributed by atoms with Gasteiger partial charge in [0.25, 0.3) is 0 Å². The molecule has 0 aromatic carbocycles. The lowest BCUT2D eigenvalue weighted by molar-refractivity contribution is 0.119. The van der Waals surface area contributed by atoms with Gasteiger partial charge < -0.3 is 5.73 Å². The number of piperidine rings is 1. The van der Waals surface area contributed by atoms with Gasteiger partial charge in [0.2, 0.25) is 0 Å². The summed E-state index contributed by atoms with van der Waals surface area (Å²) in [6, 6.07) is 4.91. The van der Waals surface area contributed by atoms with Crippen LogP contribution in [0.4, 0.5) is 0 Å². The molecule has 1 saturated heterocycles. The highest BCUT2D eigenvalue weighted by Gasteiger charge is 2.27. The molecular formula is C15H26N2S. The molecule has 2 nitrogen and oxygen atoms in total. The predicted octanol–water partition coefficient (Wildman–Crippen LogP) is 3.42. The summed E-state index contributed by atoms with van der Waals surface area (Å²) in [5.41, 5.74) is 6.00. The quantitative estimate of drug-likeness (QED) is 0.904. The van der Waals surface area contributed by atoms with E-state index in [1.807, 2.05) is 11.3 Å². The Morgan fingerprint density at radius 3 is 2.44 bits per heavy atom. The van der Waals surface area contributed by atoms with Gasteiger partial charge in [-0.3, -0.25) is 4.90 Å². The second-order valence-electron chi connectivity index (χ2n) is 5.82. The van der Waals surface area contributed by atoms with Crippen molar-refractivity contribution in [3.8, 4) is 0 Å². The summed E-state index contributed by atoms with van der Waals surface area (Å²) in [6.45, 7) is 10.0. The monoisotopic (exact) mass is 266 g/mol. The Bertz CT molecular complexity index is 364. The van der Waals surface area contributed by atoms with Crippen molar-refractivity contribution in [3.05, 3.63) is 21.9 Å². The molecule has 2 N–H and O–H groups in total. The smallest absolute Gasteiger partial charge is 0.0564 e. The molecule has 102 valence electrons. The van der Waals surface area contributed by atoms with E-state index in [4.69, 9.17) is 5.73 Å². The highest BCUT2D eigenvalue weighted by atomic mass is 32.1. The van der Waals surface area contributed by atoms with Crippen LogP contribution in [0.15, 0.2) is 12.1 Å². The van der Waals surface area contributed by atoms with Crippen LogP contribution in [0.25, 0.3) is 0 Å². The third-order valence-electron chi connectivity index (χ3n) is 4.27. The van der Waals surface area contributed by atoms with E-state index >= 15 is 0 Å². The molecule has 3 heteroatoms. The van der Waals surface area contributed by atoms with Gasteiger partial charge in [-0.1, -0.05) is 13.8 Å². The number of aryl methyl sites for hydroxylation is 1. The molecule has 1 aliphatic rings. The van der Waals surface area contributed by atoms with Crippen molar-refractivity contribution in [2.24, 2.45) is 17.6 Å². The molecular weight excluding hydrogens is 240 g/mol. The molecule has 2 rings (SSSR count). The van der Waals surface area contributed by atoms with Gasteiger partial charge in [-0.15, -0.1) is 11.3 Å². The highest BCUT2D eigenvalue weighted by Crippen LogP contribution is 2.32. The topological polar surface area (TPSA) is 29.3 Å². The number of nitrogens with zero attached hydrogens (tertiary/aromatic N) is 1. The first-order valence-electron chi connectivity index (χ1n) is 7.12. The second kappa shape index (κ2) is 6.18. The maximum absolute atomic E-state index is 6.00. The van der Waals surface area contributed by atoms with Crippen LogP contribution >= 0.6 is 11.3 Å². The van der Waals surface area contributed by atoms with Gasteiger partial charge in [0, 0.05) is 16.3 Å². The zero-order valence-electron chi connectivity index (χ0n) is 11.9. The molecule has 1 aromatic rings. The fraction of sp³-hybridized carbons (Fsp3) is 0.733. The number of likely N-dealkylation sites (tertiary alicyclic amines) is 1. The Hall–Kier alpha value is -0.380. The second-order valence-corrected chi connectivity index (χ2v) is 7.14. The van der Waals surface area contributed by atoms with E-state index in [0.717, 1.165) is 18.4 Å². The molecule has 1 aromatic heterocycles. The summed E-state index contributed by atoms with van der Waals surface area (Å²) in [6.07, 6.45) is 2.66. The minimum atomic E-state index is 0.441. The molecule has 1 aliphatic heterocycles. The van der Waals surface area contributed by atoms with Crippen LogP contribution in [0.2, 0.25) is 0 Å². The Morgan fingerprint density at radius 2 is 2.00 bits per heavy atom. The Balaban J connectivity index is 1.98. The van der Waals surface area contributed by atoms with E-state index in [-0.39, 0.29) is 0 Å². The maximum atomic E-state index is 6.00. The molecule has 1 fully saturated rings. The third-order valence-corrected chi connectivity index (χ3v) is 5.37. The van der Waals surface area contributed by atoms with Crippen LogP contribution in [0, 0.1) is 18.8 Å². The lowest BCUT2D eigenvalue weighted by Crippen LogP contribution is -2.40. The van der Waals surface area contributed by atoms with Crippen LogP contribution in [0.5, 0.6) is 0 Å². The molecule has 0 amide bonds. The molecule has 18 heavy (non-hydrogen) atoms. The van der Waals surface area contributed by atoms with Crippen LogP contribution in [0.1, 0.15) is 42.5 Å². The van der Waals surface area contributed by atoms with E-state index in [2.05, 4.69) is 37.8 Å². The summed E-state index contributed by atoms with van der Waals surface area (Å²) >= 11 is 1.90. The van der Waals surface area contributed by atoms with Crippen molar-refractivity contribution in [2.45, 2.75) is 39.7 Å². The van der Waals surface area contributed by atoms with Gasteiger partial charge in [-0.2, -0.15) is 0 Å². The first-order valence-corrected chi connectivity index (χ1v) is 7.94. The van der Waals surface area contributed by atoms with Gasteiger partial charge in [-0.05, 0) is 56.8 Å². The van der Waals surface area contributed by atoms with Crippen molar-refractivity contribution in [1.29, 1.82) is 0 Å². The molecule has 0 aliphatic carbocycles. The molecule has 0 radical (unpaired) electrons. The highest BCUT2D eigenvalue weighted by molar-refractivity contribution is 7.12. The van der Waals surface area contributed by atoms with Crippen molar-refractivity contribution >= 4 is 11.3 Å². The number of hydrogen-bond acceptors (Lipinski definition) is 3. The number of hydrogen-bond donors (Lipinski definition) is 1. The maximum Gasteiger partial charge on any atom is 0.0564 e. The summed E-state index contributed by atoms with van der Waals surface area (Å²) in [7, 11) is 0. The minimum Gasteiger partial charge on any atom is -0.329 e. The zero-order valence-corrected chi connectivity index (χ0v) is 12.7. The van der Waals surface area contributed by atoms with E-state index in [0.29, 0.717) is 6.04 Å². The van der Waals surface area contributed by atoms with Crippen molar-refractivity contribution in [1.82, 2.24) is 4.90 Å². The van der Waals surface area contributed by atoms with Crippen LogP contribution in [-0.4, -0.2) is 24.5 Å². The fourth-order valence-corrected chi connectivity index (χ4v) is 4.00. The summed E-state index contributed by atoms with van der Waals surface area (Å²) in [5, 5.41) is 0. The van der Waals surface area contributed by atoms with Gasteiger partial charge >= 0.3 is 0 Å². The minimum absolute atomic E-state index is 0.441. The molecule has 1 atom stereocenters. The number of thiophene rings is 1. The summed E-state index contributed by atoms with van der Waals surface area (Å²) in [4.78, 5) is 5.42. The van der Waals surface area contributed by atoms with Crippen LogP contribution in [-0.2, 0) is 0 Å². The Morgan fingerprint density at radius 1 is 1.33 bits per heavy atom. The zero-order chi connectivity index (χ0) is 13.1. The largest absolute Gasteiger partial charge is 0.329 e. The average Bonchev–Trinajstić information content (AvgIpc) is 2.77. The molecule has 1 unspecified atom stereocenters. The SMILES string of the molecule is Cc1ccc(C(CN)N2CCC(C(C)C)CC2)s1. The molecule has 0 bridgehead atoms. The van der Waals surface area contributed by atoms with Crippen molar-refractivity contribution < 1.29 is 0 Å². The molecule has 0 saturated carbocycles. The van der Waals surface area contributed by atoms with Gasteiger partial charge in [0.1, 0.15) is 0 Å². The normalized spacial score (nSPS) is 20.5. The van der Waals surface area contributed by atoms with E-state index in [1.165, 1.54) is 35.7 Å². The summed E-state index contributed by atoms with van der Waals surface area (Å²) < 4.78 is 0. The van der Waals surface area contributed by atoms with Crippen molar-refractivity contribution in [2.75, 3.05) is 19.6 Å². The van der Waals surface area contributed by atoms with E-state index in [1.54, 1.807) is 0 Å². The first-order chi connectivity index (χ1) is 8.61. The van der Waals surface area contributed by atoms with Gasteiger partial charge in [-0.25, -0.2) is 0 Å². The van der Waals surface area contributed by atoms with E-state index < -0.39 is 0 Å². The molecule has 2 heterocycles. The Kier molecular flexibility index (Phi) is 4.82. The summed E-state index contributed by atoms with van der Waals surface area (Å²) in [5.74, 6) is 1.73. The van der Waals surface area contributed by atoms with Gasteiger partial charge in [0.15, 0.2) is 0 Å². The molecule has 0 spiro atoms. The average molecular weight is 266 g/mol. The Labute approximate surface area is 115 Å². The standard InChI is InChI=1S/C15H26N2S/c1-11(2)13-6-8-17(9-7-13)14(10-16)15-5-4-12(3)18-15/h4-5,11,13-14H,6-10,16H2,1-3H3. The lowest BCUT2D eigenvalue weighted by Gasteiger charge is -2.38. The first kappa shape index (κ1) is 14.0. The fourth-order valence-electron chi connectivity index (χ4n) is 2.98. The number of rotatable bonds is 4. The third kappa shape index (κ3) is 3.14. The number of nitrogens with two attached hydrogens (primary N) is 1. The van der Waals surface area contributed by atoms with Crippen LogP contribution < -0.4 is 5.73 Å². The van der Waals surface area contributed by atoms with Crippen molar-refractivity contribution in [3.63, 3.8) is 0 Å². The van der Waals surface area contributed by atoms with Crippen LogP contribution in [0.3, 0.4) is 0 Å². The van der Waals surface area contributed by atoms with Gasteiger partial charge in [0.05, 0.1) is 6.04 Å². The lowest BCUT2D eigenvalue weighted by atomic mass is 9.86.